The number of benzene rings is 2. The van der Waals surface area contributed by atoms with Gasteiger partial charge in [0.1, 0.15) is 16.6 Å². The van der Waals surface area contributed by atoms with Crippen molar-refractivity contribution >= 4 is 28.6 Å². The van der Waals surface area contributed by atoms with Gasteiger partial charge in [0.05, 0.1) is 5.69 Å². The van der Waals surface area contributed by atoms with Crippen molar-refractivity contribution in [3.63, 3.8) is 0 Å². The van der Waals surface area contributed by atoms with Crippen molar-refractivity contribution in [2.75, 3.05) is 5.32 Å². The summed E-state index contributed by atoms with van der Waals surface area (Å²) in [5, 5.41) is 2.81. The molecule has 0 fully saturated rings. The molecule has 2 nitrogen and oxygen atoms in total. The van der Waals surface area contributed by atoms with Crippen molar-refractivity contribution in [2.45, 2.75) is 6.92 Å². The number of anilines is 2. The molecule has 0 aliphatic carbocycles. The molecular formula is C14H12F2N2S. The van der Waals surface area contributed by atoms with Crippen LogP contribution in [0.15, 0.2) is 36.4 Å². The molecule has 0 aliphatic rings. The molecule has 2 rings (SSSR count). The molecule has 19 heavy (non-hydrogen) atoms. The van der Waals surface area contributed by atoms with Crippen molar-refractivity contribution in [2.24, 2.45) is 5.73 Å². The molecular weight excluding hydrogens is 266 g/mol. The van der Waals surface area contributed by atoms with Gasteiger partial charge < -0.3 is 11.1 Å². The Bertz CT molecular complexity index is 641. The summed E-state index contributed by atoms with van der Waals surface area (Å²) in [6.45, 7) is 1.90. The van der Waals surface area contributed by atoms with Gasteiger partial charge in [-0.15, -0.1) is 0 Å². The van der Waals surface area contributed by atoms with Gasteiger partial charge in [-0.25, -0.2) is 8.78 Å². The van der Waals surface area contributed by atoms with Gasteiger partial charge in [-0.2, -0.15) is 0 Å². The third kappa shape index (κ3) is 3.06. The highest BCUT2D eigenvalue weighted by molar-refractivity contribution is 7.80. The summed E-state index contributed by atoms with van der Waals surface area (Å²) in [5.74, 6) is -1.07. The number of nitrogens with one attached hydrogen (secondary N) is 1. The van der Waals surface area contributed by atoms with Gasteiger partial charge in [0.2, 0.25) is 0 Å². The number of hydrogen-bond acceptors (Lipinski definition) is 2. The minimum Gasteiger partial charge on any atom is -0.389 e. The Morgan fingerprint density at radius 2 is 1.84 bits per heavy atom. The summed E-state index contributed by atoms with van der Waals surface area (Å²) in [6, 6.07) is 8.56. The first kappa shape index (κ1) is 13.4. The van der Waals surface area contributed by atoms with Crippen LogP contribution in [0.2, 0.25) is 0 Å². The Labute approximate surface area is 115 Å². The second-order valence-electron chi connectivity index (χ2n) is 4.16. The molecule has 0 spiro atoms. The van der Waals surface area contributed by atoms with E-state index in [1.54, 1.807) is 12.1 Å². The summed E-state index contributed by atoms with van der Waals surface area (Å²) >= 11 is 4.95. The van der Waals surface area contributed by atoms with E-state index < -0.39 is 11.6 Å². The molecule has 5 heteroatoms. The largest absolute Gasteiger partial charge is 0.389 e. The summed E-state index contributed by atoms with van der Waals surface area (Å²) < 4.78 is 26.7. The van der Waals surface area contributed by atoms with Crippen LogP contribution in [0.4, 0.5) is 20.2 Å². The molecule has 3 N–H and O–H groups in total. The minimum atomic E-state index is -0.545. The average molecular weight is 278 g/mol. The maximum Gasteiger partial charge on any atom is 0.146 e. The van der Waals surface area contributed by atoms with Gasteiger partial charge in [0.25, 0.3) is 0 Å². The standard InChI is InChI=1S/C14H12F2N2S/c1-8-2-5-12(10(6-8)14(17)19)18-13-7-9(15)3-4-11(13)16/h2-7,18H,1H3,(H2,17,19). The van der Waals surface area contributed by atoms with Crippen LogP contribution in [0.1, 0.15) is 11.1 Å². The van der Waals surface area contributed by atoms with Gasteiger partial charge in [0, 0.05) is 17.3 Å². The normalized spacial score (nSPS) is 10.3. The van der Waals surface area contributed by atoms with Crippen LogP contribution in [0.3, 0.4) is 0 Å². The zero-order valence-electron chi connectivity index (χ0n) is 10.2. The molecule has 0 saturated heterocycles. The fourth-order valence-corrected chi connectivity index (χ4v) is 1.88. The highest BCUT2D eigenvalue weighted by atomic mass is 32.1. The zero-order valence-corrected chi connectivity index (χ0v) is 11.0. The molecule has 98 valence electrons. The van der Waals surface area contributed by atoms with Crippen molar-refractivity contribution in [3.8, 4) is 0 Å². The lowest BCUT2D eigenvalue weighted by Gasteiger charge is -2.12. The van der Waals surface area contributed by atoms with Crippen LogP contribution < -0.4 is 11.1 Å². The van der Waals surface area contributed by atoms with Crippen LogP contribution >= 0.6 is 12.2 Å². The van der Waals surface area contributed by atoms with Crippen molar-refractivity contribution in [1.82, 2.24) is 0 Å². The molecule has 0 heterocycles. The highest BCUT2D eigenvalue weighted by Crippen LogP contribution is 2.24. The third-order valence-corrected chi connectivity index (χ3v) is 2.86. The topological polar surface area (TPSA) is 38.0 Å². The van der Waals surface area contributed by atoms with Crippen LogP contribution in [-0.2, 0) is 0 Å². The maximum absolute atomic E-state index is 13.6. The smallest absolute Gasteiger partial charge is 0.146 e. The van der Waals surface area contributed by atoms with Gasteiger partial charge in [-0.3, -0.25) is 0 Å². The van der Waals surface area contributed by atoms with Gasteiger partial charge in [-0.05, 0) is 31.2 Å². The van der Waals surface area contributed by atoms with E-state index in [0.717, 1.165) is 23.8 Å². The van der Waals surface area contributed by atoms with E-state index in [9.17, 15) is 8.78 Å². The number of thiocarbonyl (C=S) groups is 1. The molecule has 2 aromatic rings. The van der Waals surface area contributed by atoms with E-state index in [1.807, 2.05) is 13.0 Å². The van der Waals surface area contributed by atoms with Gasteiger partial charge in [-0.1, -0.05) is 23.8 Å². The molecule has 2 aromatic carbocycles. The zero-order chi connectivity index (χ0) is 14.0. The third-order valence-electron chi connectivity index (χ3n) is 2.64. The van der Waals surface area contributed by atoms with E-state index in [-0.39, 0.29) is 10.7 Å². The molecule has 0 radical (unpaired) electrons. The van der Waals surface area contributed by atoms with Gasteiger partial charge in [0.15, 0.2) is 0 Å². The first-order valence-electron chi connectivity index (χ1n) is 5.60. The Kier molecular flexibility index (Phi) is 3.76. The van der Waals surface area contributed by atoms with Crippen molar-refractivity contribution < 1.29 is 8.78 Å². The number of halogens is 2. The molecule has 0 aromatic heterocycles. The van der Waals surface area contributed by atoms with E-state index >= 15 is 0 Å². The number of nitrogens with two attached hydrogens (primary N) is 1. The molecule has 0 atom stereocenters. The summed E-state index contributed by atoms with van der Waals surface area (Å²) in [5.41, 5.74) is 7.79. The summed E-state index contributed by atoms with van der Waals surface area (Å²) in [4.78, 5) is 0.197. The van der Waals surface area contributed by atoms with E-state index in [2.05, 4.69) is 5.32 Å². The van der Waals surface area contributed by atoms with Crippen LogP contribution in [0, 0.1) is 18.6 Å². The fourth-order valence-electron chi connectivity index (χ4n) is 1.71. The predicted molar refractivity (Wildman–Crippen MR) is 76.7 cm³/mol. The maximum atomic E-state index is 13.6. The fraction of sp³-hybridized carbons (Fsp3) is 0.0714. The van der Waals surface area contributed by atoms with Gasteiger partial charge >= 0.3 is 0 Å². The Balaban J connectivity index is 2.43. The summed E-state index contributed by atoms with van der Waals surface area (Å²) in [7, 11) is 0. The SMILES string of the molecule is Cc1ccc(Nc2cc(F)ccc2F)c(C(N)=S)c1. The van der Waals surface area contributed by atoms with E-state index in [4.69, 9.17) is 18.0 Å². The highest BCUT2D eigenvalue weighted by Gasteiger charge is 2.09. The lowest BCUT2D eigenvalue weighted by atomic mass is 10.1. The molecule has 0 unspecified atom stereocenters. The molecule has 0 aliphatic heterocycles. The molecule has 0 bridgehead atoms. The number of rotatable bonds is 3. The van der Waals surface area contributed by atoms with E-state index in [0.29, 0.717) is 11.3 Å². The number of hydrogen-bond donors (Lipinski definition) is 2. The second kappa shape index (κ2) is 5.32. The average Bonchev–Trinajstić information content (AvgIpc) is 2.35. The second-order valence-corrected chi connectivity index (χ2v) is 4.60. The first-order valence-corrected chi connectivity index (χ1v) is 6.01. The molecule has 0 amide bonds. The Hall–Kier alpha value is -2.01. The van der Waals surface area contributed by atoms with Crippen LogP contribution in [-0.4, -0.2) is 4.99 Å². The van der Waals surface area contributed by atoms with Crippen LogP contribution in [0.5, 0.6) is 0 Å². The number of aryl methyl sites for hydroxylation is 1. The quantitative estimate of drug-likeness (QED) is 0.842. The van der Waals surface area contributed by atoms with Crippen molar-refractivity contribution in [1.29, 1.82) is 0 Å². The summed E-state index contributed by atoms with van der Waals surface area (Å²) in [6.07, 6.45) is 0. The first-order chi connectivity index (χ1) is 8.97. The lowest BCUT2D eigenvalue weighted by Crippen LogP contribution is -2.12. The van der Waals surface area contributed by atoms with Crippen molar-refractivity contribution in [3.05, 3.63) is 59.2 Å². The van der Waals surface area contributed by atoms with E-state index in [1.165, 1.54) is 0 Å². The molecule has 0 saturated carbocycles. The lowest BCUT2D eigenvalue weighted by molar-refractivity contribution is 0.603. The predicted octanol–water partition coefficient (Wildman–Crippen LogP) is 3.65. The minimum absolute atomic E-state index is 0.0429. The van der Waals surface area contributed by atoms with Crippen LogP contribution in [0.25, 0.3) is 0 Å². The monoisotopic (exact) mass is 278 g/mol. The Morgan fingerprint density at radius 1 is 1.11 bits per heavy atom. The Morgan fingerprint density at radius 3 is 2.53 bits per heavy atom.